The fourth-order valence-corrected chi connectivity index (χ4v) is 4.01. The summed E-state index contributed by atoms with van der Waals surface area (Å²) in [4.78, 5) is 40.4. The molecule has 1 fully saturated rings. The van der Waals surface area contributed by atoms with Crippen molar-refractivity contribution in [2.45, 2.75) is 38.6 Å². The monoisotopic (exact) mass is 433 g/mol. The Morgan fingerprint density at radius 2 is 1.97 bits per heavy atom. The van der Waals surface area contributed by atoms with Crippen molar-refractivity contribution in [2.24, 2.45) is 7.05 Å². The number of hydrogen-bond donors (Lipinski definition) is 1. The number of hydrogen-bond acceptors (Lipinski definition) is 6. The lowest BCUT2D eigenvalue weighted by atomic mass is 9.90. The number of rotatable bonds is 6. The van der Waals surface area contributed by atoms with E-state index in [4.69, 9.17) is 0 Å². The van der Waals surface area contributed by atoms with Crippen molar-refractivity contribution in [2.75, 3.05) is 13.1 Å². The van der Waals surface area contributed by atoms with Crippen LogP contribution < -0.4 is 5.32 Å². The molecular weight excluding hydrogens is 406 g/mol. The van der Waals surface area contributed by atoms with Crippen LogP contribution in [0.2, 0.25) is 0 Å². The minimum absolute atomic E-state index is 0.102. The van der Waals surface area contributed by atoms with Crippen LogP contribution >= 0.6 is 0 Å². The van der Waals surface area contributed by atoms with Gasteiger partial charge in [-0.25, -0.2) is 9.97 Å². The molecule has 0 atom stereocenters. The number of aryl methyl sites for hydroxylation is 2. The van der Waals surface area contributed by atoms with E-state index in [9.17, 15) is 9.59 Å². The average Bonchev–Trinajstić information content (AvgIpc) is 3.23. The molecule has 2 amide bonds. The van der Waals surface area contributed by atoms with Gasteiger partial charge in [0.05, 0.1) is 23.9 Å². The third-order valence-electron chi connectivity index (χ3n) is 5.71. The maximum Gasteiger partial charge on any atom is 0.254 e. The second kappa shape index (κ2) is 9.67. The number of pyridine rings is 1. The molecule has 0 spiro atoms. The Balaban J connectivity index is 1.40. The van der Waals surface area contributed by atoms with Crippen molar-refractivity contribution in [1.82, 2.24) is 34.9 Å². The van der Waals surface area contributed by atoms with E-state index in [1.807, 2.05) is 37.2 Å². The van der Waals surface area contributed by atoms with Crippen LogP contribution in [0.5, 0.6) is 0 Å². The van der Waals surface area contributed by atoms with Crippen LogP contribution in [0.4, 0.5) is 0 Å². The first kappa shape index (κ1) is 21.6. The lowest BCUT2D eigenvalue weighted by molar-refractivity contribution is -0.131. The van der Waals surface area contributed by atoms with Crippen molar-refractivity contribution in [3.05, 3.63) is 71.3 Å². The van der Waals surface area contributed by atoms with Gasteiger partial charge in [-0.3, -0.25) is 19.3 Å². The summed E-state index contributed by atoms with van der Waals surface area (Å²) in [5.41, 5.74) is 3.11. The van der Waals surface area contributed by atoms with Crippen molar-refractivity contribution >= 4 is 11.8 Å². The van der Waals surface area contributed by atoms with E-state index in [-0.39, 0.29) is 17.7 Å². The molecule has 0 saturated carbocycles. The zero-order valence-electron chi connectivity index (χ0n) is 18.4. The minimum atomic E-state index is -0.195. The number of piperidine rings is 1. The van der Waals surface area contributed by atoms with Crippen LogP contribution in [-0.4, -0.2) is 54.5 Å². The standard InChI is InChI=1S/C23H27N7O2/c1-16-25-14-20(23(32)26-12-18-13-27-29(2)15-18)22(28-16)19-5-8-30(9-6-19)21(31)10-17-4-3-7-24-11-17/h3-4,7,11,13-15,19H,5-6,8-10,12H2,1-2H3,(H,26,32). The summed E-state index contributed by atoms with van der Waals surface area (Å²) in [7, 11) is 1.84. The second-order valence-electron chi connectivity index (χ2n) is 8.11. The number of carbonyl (C=O) groups is 2. The van der Waals surface area contributed by atoms with Gasteiger partial charge in [-0.15, -0.1) is 0 Å². The molecule has 0 bridgehead atoms. The van der Waals surface area contributed by atoms with Gasteiger partial charge in [-0.1, -0.05) is 6.07 Å². The van der Waals surface area contributed by atoms with E-state index in [0.29, 0.717) is 37.4 Å². The Bertz CT molecular complexity index is 1090. The molecule has 1 N–H and O–H groups in total. The highest BCUT2D eigenvalue weighted by Gasteiger charge is 2.28. The van der Waals surface area contributed by atoms with Gasteiger partial charge in [0.1, 0.15) is 5.82 Å². The summed E-state index contributed by atoms with van der Waals surface area (Å²) < 4.78 is 1.70. The first-order chi connectivity index (χ1) is 15.5. The molecule has 0 radical (unpaired) electrons. The first-order valence-electron chi connectivity index (χ1n) is 10.8. The molecule has 3 aromatic rings. The SMILES string of the molecule is Cc1ncc(C(=O)NCc2cnn(C)c2)c(C2CCN(C(=O)Cc3cccnc3)CC2)n1. The number of amides is 2. The molecule has 0 aromatic carbocycles. The second-order valence-corrected chi connectivity index (χ2v) is 8.11. The van der Waals surface area contributed by atoms with Crippen molar-refractivity contribution in [3.63, 3.8) is 0 Å². The summed E-state index contributed by atoms with van der Waals surface area (Å²) in [6.45, 7) is 3.50. The van der Waals surface area contributed by atoms with Crippen LogP contribution in [0.15, 0.2) is 43.1 Å². The van der Waals surface area contributed by atoms with Crippen LogP contribution in [0, 0.1) is 6.92 Å². The molecule has 9 nitrogen and oxygen atoms in total. The molecule has 32 heavy (non-hydrogen) atoms. The smallest absolute Gasteiger partial charge is 0.254 e. The Hall–Kier alpha value is -3.62. The number of likely N-dealkylation sites (tertiary alicyclic amines) is 1. The molecule has 4 rings (SSSR count). The first-order valence-corrected chi connectivity index (χ1v) is 10.8. The van der Waals surface area contributed by atoms with Crippen molar-refractivity contribution in [1.29, 1.82) is 0 Å². The Kier molecular flexibility index (Phi) is 6.53. The number of nitrogens with one attached hydrogen (secondary N) is 1. The lowest BCUT2D eigenvalue weighted by Gasteiger charge is -2.32. The molecule has 166 valence electrons. The van der Waals surface area contributed by atoms with Gasteiger partial charge in [0, 0.05) is 63.0 Å². The summed E-state index contributed by atoms with van der Waals surface area (Å²) in [6.07, 6.45) is 10.5. The molecule has 3 aromatic heterocycles. The molecule has 4 heterocycles. The molecule has 1 aliphatic heterocycles. The van der Waals surface area contributed by atoms with E-state index in [2.05, 4.69) is 25.4 Å². The summed E-state index contributed by atoms with van der Waals surface area (Å²) >= 11 is 0. The molecular formula is C23H27N7O2. The third kappa shape index (κ3) is 5.16. The normalized spacial score (nSPS) is 14.4. The van der Waals surface area contributed by atoms with Crippen LogP contribution in [0.1, 0.15) is 51.8 Å². The van der Waals surface area contributed by atoms with Gasteiger partial charge in [0.2, 0.25) is 5.91 Å². The summed E-state index contributed by atoms with van der Waals surface area (Å²) in [5.74, 6) is 0.654. The van der Waals surface area contributed by atoms with E-state index in [0.717, 1.165) is 29.7 Å². The van der Waals surface area contributed by atoms with E-state index in [1.54, 1.807) is 29.5 Å². The maximum absolute atomic E-state index is 12.9. The zero-order valence-corrected chi connectivity index (χ0v) is 18.4. The van der Waals surface area contributed by atoms with E-state index in [1.165, 1.54) is 0 Å². The number of aromatic nitrogens is 5. The average molecular weight is 434 g/mol. The predicted octanol–water partition coefficient (Wildman–Crippen LogP) is 1.79. The van der Waals surface area contributed by atoms with Gasteiger partial charge < -0.3 is 10.2 Å². The molecule has 0 aliphatic carbocycles. The van der Waals surface area contributed by atoms with Gasteiger partial charge in [-0.05, 0) is 31.4 Å². The van der Waals surface area contributed by atoms with Gasteiger partial charge in [0.25, 0.3) is 5.91 Å². The fourth-order valence-electron chi connectivity index (χ4n) is 4.01. The van der Waals surface area contributed by atoms with Crippen molar-refractivity contribution in [3.8, 4) is 0 Å². The Morgan fingerprint density at radius 3 is 2.66 bits per heavy atom. The predicted molar refractivity (Wildman–Crippen MR) is 118 cm³/mol. The fraction of sp³-hybridized carbons (Fsp3) is 0.391. The quantitative estimate of drug-likeness (QED) is 0.635. The Morgan fingerprint density at radius 1 is 1.16 bits per heavy atom. The van der Waals surface area contributed by atoms with Crippen molar-refractivity contribution < 1.29 is 9.59 Å². The highest BCUT2D eigenvalue weighted by molar-refractivity contribution is 5.95. The van der Waals surface area contributed by atoms with Crippen LogP contribution in [-0.2, 0) is 24.8 Å². The zero-order chi connectivity index (χ0) is 22.5. The van der Waals surface area contributed by atoms with Gasteiger partial charge in [0.15, 0.2) is 0 Å². The highest BCUT2D eigenvalue weighted by Crippen LogP contribution is 2.29. The van der Waals surface area contributed by atoms with Gasteiger partial charge in [-0.2, -0.15) is 5.10 Å². The molecule has 1 aliphatic rings. The highest BCUT2D eigenvalue weighted by atomic mass is 16.2. The van der Waals surface area contributed by atoms with Crippen LogP contribution in [0.3, 0.4) is 0 Å². The Labute approximate surface area is 186 Å². The van der Waals surface area contributed by atoms with E-state index < -0.39 is 0 Å². The summed E-state index contributed by atoms with van der Waals surface area (Å²) in [5, 5.41) is 7.06. The number of nitrogens with zero attached hydrogens (tertiary/aromatic N) is 6. The molecule has 9 heteroatoms. The third-order valence-corrected chi connectivity index (χ3v) is 5.71. The number of carbonyl (C=O) groups excluding carboxylic acids is 2. The molecule has 1 saturated heterocycles. The maximum atomic E-state index is 12.9. The largest absolute Gasteiger partial charge is 0.348 e. The topological polar surface area (TPSA) is 106 Å². The molecule has 0 unspecified atom stereocenters. The lowest BCUT2D eigenvalue weighted by Crippen LogP contribution is -2.39. The van der Waals surface area contributed by atoms with Gasteiger partial charge >= 0.3 is 0 Å². The summed E-state index contributed by atoms with van der Waals surface area (Å²) in [6, 6.07) is 3.75. The van der Waals surface area contributed by atoms with Crippen LogP contribution in [0.25, 0.3) is 0 Å². The van der Waals surface area contributed by atoms with E-state index >= 15 is 0 Å². The minimum Gasteiger partial charge on any atom is -0.348 e.